The maximum Gasteiger partial charge on any atom is 0.345 e. The number of aromatic nitrogens is 1. The van der Waals surface area contributed by atoms with E-state index >= 15 is 0 Å². The first kappa shape index (κ1) is 22.7. The Morgan fingerprint density at radius 1 is 1.10 bits per heavy atom. The van der Waals surface area contributed by atoms with Gasteiger partial charge in [0.25, 0.3) is 0 Å². The summed E-state index contributed by atoms with van der Waals surface area (Å²) in [5, 5.41) is 6.99. The second-order valence-corrected chi connectivity index (χ2v) is 7.45. The first-order valence-electron chi connectivity index (χ1n) is 9.42. The van der Waals surface area contributed by atoms with E-state index in [-0.39, 0.29) is 39.5 Å². The molecule has 1 heterocycles. The quantitative estimate of drug-likeness (QED) is 0.349. The van der Waals surface area contributed by atoms with Gasteiger partial charge in [-0.3, -0.25) is 10.1 Å². The van der Waals surface area contributed by atoms with Crippen LogP contribution in [0.4, 0.5) is 5.88 Å². The number of benzene rings is 2. The number of aryl methyl sites for hydroxylation is 1. The fourth-order valence-electron chi connectivity index (χ4n) is 2.81. The van der Waals surface area contributed by atoms with Crippen molar-refractivity contribution in [1.82, 2.24) is 5.16 Å². The average Bonchev–Trinajstić information content (AvgIpc) is 3.14. The molecule has 9 heteroatoms. The summed E-state index contributed by atoms with van der Waals surface area (Å²) in [7, 11) is 1.21. The number of hydrogen-bond donors (Lipinski definition) is 1. The summed E-state index contributed by atoms with van der Waals surface area (Å²) >= 11 is 12.4. The van der Waals surface area contributed by atoms with Gasteiger partial charge in [-0.2, -0.15) is 0 Å². The number of halogens is 2. The van der Waals surface area contributed by atoms with Crippen molar-refractivity contribution in [3.05, 3.63) is 63.6 Å². The van der Waals surface area contributed by atoms with E-state index in [0.717, 1.165) is 11.3 Å². The monoisotopic (exact) mass is 462 g/mol. The fraction of sp³-hybridized carbons (Fsp3) is 0.227. The molecule has 0 fully saturated rings. The fourth-order valence-corrected chi connectivity index (χ4v) is 3.38. The van der Waals surface area contributed by atoms with Gasteiger partial charge in [0.2, 0.25) is 11.8 Å². The van der Waals surface area contributed by atoms with Crippen molar-refractivity contribution in [2.45, 2.75) is 19.8 Å². The maximum atomic E-state index is 12.4. The molecule has 0 saturated carbocycles. The Morgan fingerprint density at radius 3 is 2.42 bits per heavy atom. The van der Waals surface area contributed by atoms with Crippen LogP contribution in [0.2, 0.25) is 10.0 Å². The molecule has 0 saturated heterocycles. The topological polar surface area (TPSA) is 90.7 Å². The van der Waals surface area contributed by atoms with Crippen LogP contribution in [-0.2, 0) is 9.53 Å². The van der Waals surface area contributed by atoms with Gasteiger partial charge in [0, 0.05) is 12.0 Å². The highest BCUT2D eigenvalue weighted by Crippen LogP contribution is 2.38. The number of rotatable bonds is 8. The summed E-state index contributed by atoms with van der Waals surface area (Å²) in [6.07, 6.45) is 0.611. The Kier molecular flexibility index (Phi) is 7.55. The van der Waals surface area contributed by atoms with E-state index in [1.807, 2.05) is 31.2 Å². The summed E-state index contributed by atoms with van der Waals surface area (Å²) in [4.78, 5) is 24.7. The number of nitrogens with one attached hydrogen (secondary N) is 1. The van der Waals surface area contributed by atoms with Crippen LogP contribution in [-0.4, -0.2) is 30.7 Å². The van der Waals surface area contributed by atoms with Crippen LogP contribution in [0.3, 0.4) is 0 Å². The van der Waals surface area contributed by atoms with Crippen LogP contribution >= 0.6 is 23.2 Å². The molecule has 2 aromatic carbocycles. The third-order valence-corrected chi connectivity index (χ3v) is 5.00. The zero-order valence-corrected chi connectivity index (χ0v) is 18.4. The van der Waals surface area contributed by atoms with Crippen LogP contribution in [0, 0.1) is 6.92 Å². The molecule has 1 aromatic heterocycles. The van der Waals surface area contributed by atoms with Crippen molar-refractivity contribution < 1.29 is 23.6 Å². The highest BCUT2D eigenvalue weighted by atomic mass is 35.5. The summed E-state index contributed by atoms with van der Waals surface area (Å²) in [6, 6.07) is 12.5. The summed E-state index contributed by atoms with van der Waals surface area (Å²) in [5.41, 5.74) is 1.46. The minimum atomic E-state index is -0.745. The Hall–Kier alpha value is -3.03. The lowest BCUT2D eigenvalue weighted by Gasteiger charge is -2.07. The smallest absolute Gasteiger partial charge is 0.345 e. The number of hydrogen-bond acceptors (Lipinski definition) is 6. The number of carbonyl (C=O) groups is 2. The molecule has 162 valence electrons. The Bertz CT molecular complexity index is 1060. The summed E-state index contributed by atoms with van der Waals surface area (Å²) in [6.45, 7) is 2.35. The molecule has 0 atom stereocenters. The third-order valence-electron chi connectivity index (χ3n) is 4.37. The van der Waals surface area contributed by atoms with Gasteiger partial charge >= 0.3 is 5.97 Å². The summed E-state index contributed by atoms with van der Waals surface area (Å²) in [5.74, 6) is -0.520. The van der Waals surface area contributed by atoms with Crippen molar-refractivity contribution in [2.75, 3.05) is 19.0 Å². The molecule has 0 aliphatic carbocycles. The predicted molar refractivity (Wildman–Crippen MR) is 118 cm³/mol. The van der Waals surface area contributed by atoms with Crippen molar-refractivity contribution in [3.63, 3.8) is 0 Å². The largest absolute Gasteiger partial charge is 0.494 e. The number of amides is 1. The molecule has 3 rings (SSSR count). The Labute approximate surface area is 189 Å². The molecular weight excluding hydrogens is 443 g/mol. The van der Waals surface area contributed by atoms with Crippen LogP contribution in [0.25, 0.3) is 11.3 Å². The van der Waals surface area contributed by atoms with Gasteiger partial charge < -0.3 is 14.0 Å². The number of carbonyl (C=O) groups excluding carboxylic acids is 2. The molecule has 1 amide bonds. The molecule has 31 heavy (non-hydrogen) atoms. The van der Waals surface area contributed by atoms with Crippen molar-refractivity contribution in [1.29, 1.82) is 0 Å². The normalized spacial score (nSPS) is 10.6. The number of esters is 1. The van der Waals surface area contributed by atoms with Gasteiger partial charge in [-0.1, -0.05) is 52.1 Å². The molecule has 0 aliphatic rings. The van der Waals surface area contributed by atoms with Crippen molar-refractivity contribution in [3.8, 4) is 17.0 Å². The van der Waals surface area contributed by atoms with Crippen LogP contribution in [0.15, 0.2) is 47.0 Å². The summed E-state index contributed by atoms with van der Waals surface area (Å²) < 4.78 is 15.6. The number of methoxy groups -OCH3 is 1. The van der Waals surface area contributed by atoms with E-state index in [0.29, 0.717) is 18.6 Å². The zero-order chi connectivity index (χ0) is 22.4. The van der Waals surface area contributed by atoms with Crippen LogP contribution < -0.4 is 10.1 Å². The van der Waals surface area contributed by atoms with Gasteiger partial charge in [0.1, 0.15) is 11.4 Å². The van der Waals surface area contributed by atoms with E-state index in [1.54, 1.807) is 18.2 Å². The van der Waals surface area contributed by atoms with Gasteiger partial charge in [-0.15, -0.1) is 0 Å². The SMILES string of the molecule is COC(=O)c1c(-c2c(Cl)cccc2Cl)noc1NC(=O)CCCOc1ccc(C)cc1. The number of ether oxygens (including phenoxy) is 2. The molecular formula is C22H20Cl2N2O5. The molecule has 7 nitrogen and oxygen atoms in total. The highest BCUT2D eigenvalue weighted by molar-refractivity contribution is 6.39. The third kappa shape index (κ3) is 5.57. The number of anilines is 1. The molecule has 0 aliphatic heterocycles. The van der Waals surface area contributed by atoms with E-state index in [9.17, 15) is 9.59 Å². The van der Waals surface area contributed by atoms with E-state index in [1.165, 1.54) is 7.11 Å². The van der Waals surface area contributed by atoms with Crippen molar-refractivity contribution in [2.24, 2.45) is 0 Å². The van der Waals surface area contributed by atoms with Crippen molar-refractivity contribution >= 4 is 41.0 Å². The minimum absolute atomic E-state index is 0.0678. The van der Waals surface area contributed by atoms with Crippen LogP contribution in [0.5, 0.6) is 5.75 Å². The van der Waals surface area contributed by atoms with E-state index < -0.39 is 5.97 Å². The van der Waals surface area contributed by atoms with Gasteiger partial charge in [-0.05, 0) is 37.6 Å². The van der Waals surface area contributed by atoms with Gasteiger partial charge in [-0.25, -0.2) is 4.79 Å². The average molecular weight is 463 g/mol. The Balaban J connectivity index is 1.68. The number of nitrogens with zero attached hydrogens (tertiary/aromatic N) is 1. The lowest BCUT2D eigenvalue weighted by atomic mass is 10.1. The standard InChI is InChI=1S/C22H20Cl2N2O5/c1-13-8-10-14(11-9-13)30-12-4-7-17(27)25-21-19(22(28)29-2)20(26-31-21)18-15(23)5-3-6-16(18)24/h3,5-6,8-11H,4,7,12H2,1-2H3,(H,25,27). The second kappa shape index (κ2) is 10.3. The molecule has 0 radical (unpaired) electrons. The Morgan fingerprint density at radius 2 is 1.77 bits per heavy atom. The van der Waals surface area contributed by atoms with Gasteiger partial charge in [0.05, 0.1) is 23.8 Å². The maximum absolute atomic E-state index is 12.4. The first-order valence-corrected chi connectivity index (χ1v) is 10.2. The molecule has 0 spiro atoms. The molecule has 3 aromatic rings. The van der Waals surface area contributed by atoms with E-state index in [2.05, 4.69) is 10.5 Å². The molecule has 0 unspecified atom stereocenters. The van der Waals surface area contributed by atoms with Crippen LogP contribution in [0.1, 0.15) is 28.8 Å². The lowest BCUT2D eigenvalue weighted by molar-refractivity contribution is -0.116. The molecule has 0 bridgehead atoms. The minimum Gasteiger partial charge on any atom is -0.494 e. The first-order chi connectivity index (χ1) is 14.9. The zero-order valence-electron chi connectivity index (χ0n) is 16.9. The lowest BCUT2D eigenvalue weighted by Crippen LogP contribution is -2.15. The predicted octanol–water partition coefficient (Wildman–Crippen LogP) is 5.54. The molecule has 1 N–H and O–H groups in total. The highest BCUT2D eigenvalue weighted by Gasteiger charge is 2.28. The second-order valence-electron chi connectivity index (χ2n) is 6.64. The van der Waals surface area contributed by atoms with E-state index in [4.69, 9.17) is 37.2 Å². The van der Waals surface area contributed by atoms with Gasteiger partial charge in [0.15, 0.2) is 5.56 Å².